The van der Waals surface area contributed by atoms with Gasteiger partial charge in [0.1, 0.15) is 34.1 Å². The van der Waals surface area contributed by atoms with E-state index < -0.39 is 11.6 Å². The molecule has 3 aromatic rings. The van der Waals surface area contributed by atoms with Crippen molar-refractivity contribution in [2.45, 2.75) is 6.92 Å². The van der Waals surface area contributed by atoms with E-state index >= 15 is 0 Å². The van der Waals surface area contributed by atoms with Crippen molar-refractivity contribution < 1.29 is 18.3 Å². The Labute approximate surface area is 154 Å². The number of methoxy groups -OCH3 is 2. The second-order valence-corrected chi connectivity index (χ2v) is 5.84. The van der Waals surface area contributed by atoms with Crippen molar-refractivity contribution in [1.82, 2.24) is 9.97 Å². The number of hydrogen-bond acceptors (Lipinski definition) is 4. The molecule has 2 aromatic carbocycles. The van der Waals surface area contributed by atoms with Crippen LogP contribution in [-0.2, 0) is 0 Å². The highest BCUT2D eigenvalue weighted by Crippen LogP contribution is 2.40. The molecular formula is C19H15ClF2N2O2. The minimum Gasteiger partial charge on any atom is -0.497 e. The molecule has 0 aliphatic carbocycles. The van der Waals surface area contributed by atoms with E-state index in [1.54, 1.807) is 25.1 Å². The maximum absolute atomic E-state index is 14.4. The van der Waals surface area contributed by atoms with E-state index in [2.05, 4.69) is 9.97 Å². The highest BCUT2D eigenvalue weighted by Gasteiger charge is 2.22. The van der Waals surface area contributed by atoms with Crippen LogP contribution in [0.3, 0.4) is 0 Å². The number of rotatable bonds is 4. The molecule has 26 heavy (non-hydrogen) atoms. The monoisotopic (exact) mass is 376 g/mol. The van der Waals surface area contributed by atoms with Crippen LogP contribution in [0.1, 0.15) is 5.82 Å². The van der Waals surface area contributed by atoms with Crippen LogP contribution in [0.4, 0.5) is 8.78 Å². The number of benzene rings is 2. The van der Waals surface area contributed by atoms with Crippen molar-refractivity contribution in [3.05, 3.63) is 59.0 Å². The van der Waals surface area contributed by atoms with E-state index in [0.717, 1.165) is 12.1 Å². The number of halogens is 3. The summed E-state index contributed by atoms with van der Waals surface area (Å²) in [6.45, 7) is 1.65. The fraction of sp³-hybridized carbons (Fsp3) is 0.158. The molecule has 0 aliphatic heterocycles. The number of aryl methyl sites for hydroxylation is 1. The smallest absolute Gasteiger partial charge is 0.141 e. The fourth-order valence-corrected chi connectivity index (χ4v) is 2.96. The lowest BCUT2D eigenvalue weighted by molar-refractivity contribution is 0.394. The lowest BCUT2D eigenvalue weighted by atomic mass is 9.99. The van der Waals surface area contributed by atoms with E-state index in [0.29, 0.717) is 22.9 Å². The van der Waals surface area contributed by atoms with Gasteiger partial charge in [-0.2, -0.15) is 0 Å². The predicted molar refractivity (Wildman–Crippen MR) is 95.7 cm³/mol. The normalized spacial score (nSPS) is 10.7. The van der Waals surface area contributed by atoms with Gasteiger partial charge in [0, 0.05) is 11.6 Å². The van der Waals surface area contributed by atoms with Gasteiger partial charge >= 0.3 is 0 Å². The van der Waals surface area contributed by atoms with Gasteiger partial charge in [0.05, 0.1) is 31.0 Å². The summed E-state index contributed by atoms with van der Waals surface area (Å²) >= 11 is 6.26. The van der Waals surface area contributed by atoms with Crippen LogP contribution in [0.2, 0.25) is 5.15 Å². The molecule has 4 nitrogen and oxygen atoms in total. The minimum atomic E-state index is -0.754. The summed E-state index contributed by atoms with van der Waals surface area (Å²) in [4.78, 5) is 8.44. The first-order valence-corrected chi connectivity index (χ1v) is 8.04. The molecule has 0 unspecified atom stereocenters. The molecule has 1 heterocycles. The molecule has 0 N–H and O–H groups in total. The third-order valence-corrected chi connectivity index (χ3v) is 4.09. The number of ether oxygens (including phenoxy) is 2. The van der Waals surface area contributed by atoms with Crippen LogP contribution >= 0.6 is 11.6 Å². The Morgan fingerprint density at radius 2 is 1.46 bits per heavy atom. The lowest BCUT2D eigenvalue weighted by Crippen LogP contribution is -2.01. The predicted octanol–water partition coefficient (Wildman–Crippen LogP) is 5.07. The van der Waals surface area contributed by atoms with Crippen LogP contribution < -0.4 is 9.47 Å². The highest BCUT2D eigenvalue weighted by molar-refractivity contribution is 6.32. The van der Waals surface area contributed by atoms with Gasteiger partial charge in [-0.3, -0.25) is 0 Å². The van der Waals surface area contributed by atoms with Gasteiger partial charge in [0.25, 0.3) is 0 Å². The van der Waals surface area contributed by atoms with Crippen molar-refractivity contribution in [2.24, 2.45) is 0 Å². The van der Waals surface area contributed by atoms with Crippen LogP contribution in [0.5, 0.6) is 11.5 Å². The summed E-state index contributed by atoms with van der Waals surface area (Å²) in [6.07, 6.45) is 0. The van der Waals surface area contributed by atoms with Crippen LogP contribution in [0.25, 0.3) is 22.4 Å². The number of nitrogens with zero attached hydrogens (tertiary/aromatic N) is 2. The van der Waals surface area contributed by atoms with Crippen molar-refractivity contribution in [3.63, 3.8) is 0 Å². The summed E-state index contributed by atoms with van der Waals surface area (Å²) in [7, 11) is 3.02. The van der Waals surface area contributed by atoms with E-state index in [1.807, 2.05) is 0 Å². The Kier molecular flexibility index (Phi) is 5.04. The molecule has 0 saturated carbocycles. The van der Waals surface area contributed by atoms with Crippen LogP contribution in [0.15, 0.2) is 36.4 Å². The Balaban J connectivity index is 2.36. The average molecular weight is 377 g/mol. The standard InChI is InChI=1S/C19H15ClF2N2O2/c1-10-23-18(11-7-12(25-2)9-13(8-11)26-3)17(19(20)24-10)16-14(21)5-4-6-15(16)22/h4-9H,1-3H3. The number of hydrogen-bond donors (Lipinski definition) is 0. The maximum Gasteiger partial charge on any atom is 0.141 e. The van der Waals surface area contributed by atoms with Gasteiger partial charge in [-0.05, 0) is 31.2 Å². The molecule has 7 heteroatoms. The Hall–Kier alpha value is -2.73. The lowest BCUT2D eigenvalue weighted by Gasteiger charge is -2.15. The molecule has 1 aromatic heterocycles. The molecule has 0 spiro atoms. The van der Waals surface area contributed by atoms with Gasteiger partial charge in [0.15, 0.2) is 0 Å². The summed E-state index contributed by atoms with van der Waals surface area (Å²) in [5.41, 5.74) is 0.604. The molecule has 0 bridgehead atoms. The first-order chi connectivity index (χ1) is 12.4. The molecule has 0 radical (unpaired) electrons. The molecule has 0 atom stereocenters. The molecule has 0 fully saturated rings. The summed E-state index contributed by atoms with van der Waals surface area (Å²) < 4.78 is 39.3. The van der Waals surface area contributed by atoms with Gasteiger partial charge in [0.2, 0.25) is 0 Å². The zero-order chi connectivity index (χ0) is 18.8. The van der Waals surface area contributed by atoms with Crippen molar-refractivity contribution >= 4 is 11.6 Å². The Morgan fingerprint density at radius 3 is 2.00 bits per heavy atom. The highest BCUT2D eigenvalue weighted by atomic mass is 35.5. The third kappa shape index (κ3) is 3.32. The largest absolute Gasteiger partial charge is 0.497 e. The van der Waals surface area contributed by atoms with E-state index in [4.69, 9.17) is 21.1 Å². The molecular weight excluding hydrogens is 362 g/mol. The van der Waals surface area contributed by atoms with Crippen LogP contribution in [0, 0.1) is 18.6 Å². The summed E-state index contributed by atoms with van der Waals surface area (Å²) in [6, 6.07) is 8.65. The minimum absolute atomic E-state index is 0.0433. The summed E-state index contributed by atoms with van der Waals surface area (Å²) in [5.74, 6) is -0.128. The van der Waals surface area contributed by atoms with E-state index in [1.165, 1.54) is 20.3 Å². The fourth-order valence-electron chi connectivity index (χ4n) is 2.65. The molecule has 3 rings (SSSR count). The SMILES string of the molecule is COc1cc(OC)cc(-c2nc(C)nc(Cl)c2-c2c(F)cccc2F)c1. The topological polar surface area (TPSA) is 44.2 Å². The Morgan fingerprint density at radius 1 is 0.885 bits per heavy atom. The first kappa shape index (κ1) is 18.1. The van der Waals surface area contributed by atoms with Crippen LogP contribution in [-0.4, -0.2) is 24.2 Å². The number of aromatic nitrogens is 2. The van der Waals surface area contributed by atoms with Gasteiger partial charge in [-0.25, -0.2) is 18.7 Å². The van der Waals surface area contributed by atoms with Gasteiger partial charge in [-0.15, -0.1) is 0 Å². The zero-order valence-corrected chi connectivity index (χ0v) is 15.1. The molecule has 0 saturated heterocycles. The van der Waals surface area contributed by atoms with Gasteiger partial charge in [-0.1, -0.05) is 17.7 Å². The Bertz CT molecular complexity index is 937. The van der Waals surface area contributed by atoms with Crippen molar-refractivity contribution in [3.8, 4) is 33.9 Å². The third-order valence-electron chi connectivity index (χ3n) is 3.81. The van der Waals surface area contributed by atoms with Gasteiger partial charge < -0.3 is 9.47 Å². The first-order valence-electron chi connectivity index (χ1n) is 7.66. The second-order valence-electron chi connectivity index (χ2n) is 5.48. The average Bonchev–Trinajstić information content (AvgIpc) is 2.62. The zero-order valence-electron chi connectivity index (χ0n) is 14.3. The molecule has 0 amide bonds. The molecule has 134 valence electrons. The van der Waals surface area contributed by atoms with E-state index in [-0.39, 0.29) is 22.0 Å². The second kappa shape index (κ2) is 7.25. The van der Waals surface area contributed by atoms with E-state index in [9.17, 15) is 8.78 Å². The molecule has 0 aliphatic rings. The van der Waals surface area contributed by atoms with Crippen molar-refractivity contribution in [2.75, 3.05) is 14.2 Å². The quantitative estimate of drug-likeness (QED) is 0.596. The maximum atomic E-state index is 14.4. The van der Waals surface area contributed by atoms with Crippen molar-refractivity contribution in [1.29, 1.82) is 0 Å². The summed E-state index contributed by atoms with van der Waals surface area (Å²) in [5, 5.41) is -0.0433.